The highest BCUT2D eigenvalue weighted by molar-refractivity contribution is 5.94. The van der Waals surface area contributed by atoms with Crippen molar-refractivity contribution in [2.24, 2.45) is 0 Å². The van der Waals surface area contributed by atoms with E-state index in [2.05, 4.69) is 6.92 Å². The lowest BCUT2D eigenvalue weighted by atomic mass is 10.1. The van der Waals surface area contributed by atoms with Gasteiger partial charge in [0.15, 0.2) is 6.29 Å². The van der Waals surface area contributed by atoms with Gasteiger partial charge in [-0.2, -0.15) is 0 Å². The van der Waals surface area contributed by atoms with Crippen molar-refractivity contribution in [2.45, 2.75) is 64.9 Å². The molecular formula is C25H32O6. The molecule has 0 unspecified atom stereocenters. The van der Waals surface area contributed by atoms with Crippen molar-refractivity contribution in [3.8, 4) is 17.2 Å². The molecule has 0 bridgehead atoms. The molecule has 2 rings (SSSR count). The second kappa shape index (κ2) is 13.3. The third-order valence-electron chi connectivity index (χ3n) is 5.07. The van der Waals surface area contributed by atoms with Gasteiger partial charge >= 0.3 is 5.97 Å². The Balaban J connectivity index is 1.76. The van der Waals surface area contributed by atoms with Crippen LogP contribution in [0.5, 0.6) is 17.2 Å². The van der Waals surface area contributed by atoms with E-state index in [9.17, 15) is 19.8 Å². The normalized spacial score (nSPS) is 10.6. The molecule has 2 aromatic carbocycles. The average molecular weight is 429 g/mol. The maximum absolute atomic E-state index is 11.4. The Labute approximate surface area is 183 Å². The molecule has 31 heavy (non-hydrogen) atoms. The fraction of sp³-hybridized carbons (Fsp3) is 0.440. The summed E-state index contributed by atoms with van der Waals surface area (Å²) in [4.78, 5) is 22.3. The highest BCUT2D eigenvalue weighted by Crippen LogP contribution is 2.28. The maximum Gasteiger partial charge on any atom is 0.339 e. The number of aromatic carboxylic acids is 1. The van der Waals surface area contributed by atoms with Crippen LogP contribution in [0.2, 0.25) is 0 Å². The Bertz CT molecular complexity index is 829. The van der Waals surface area contributed by atoms with E-state index in [0.29, 0.717) is 12.9 Å². The number of hydrogen-bond donors (Lipinski definition) is 2. The summed E-state index contributed by atoms with van der Waals surface area (Å²) < 4.78 is 11.3. The van der Waals surface area contributed by atoms with E-state index in [0.717, 1.165) is 29.9 Å². The molecule has 2 N–H and O–H groups in total. The summed E-state index contributed by atoms with van der Waals surface area (Å²) in [5.74, 6) is -0.765. The lowest BCUT2D eigenvalue weighted by Crippen LogP contribution is -2.05. The van der Waals surface area contributed by atoms with Gasteiger partial charge in [-0.25, -0.2) is 4.79 Å². The van der Waals surface area contributed by atoms with Gasteiger partial charge < -0.3 is 19.7 Å². The van der Waals surface area contributed by atoms with Crippen LogP contribution in [0.1, 0.15) is 84.6 Å². The zero-order chi connectivity index (χ0) is 22.5. The summed E-state index contributed by atoms with van der Waals surface area (Å²) in [5, 5.41) is 19.1. The number of hydrogen-bond acceptors (Lipinski definition) is 5. The van der Waals surface area contributed by atoms with Gasteiger partial charge in [-0.3, -0.25) is 4.79 Å². The Kier molecular flexibility index (Phi) is 10.4. The van der Waals surface area contributed by atoms with Crippen LogP contribution in [0.25, 0.3) is 0 Å². The van der Waals surface area contributed by atoms with Crippen molar-refractivity contribution in [1.29, 1.82) is 0 Å². The number of aldehydes is 1. The number of carbonyl (C=O) groups is 2. The Morgan fingerprint density at radius 2 is 1.58 bits per heavy atom. The van der Waals surface area contributed by atoms with Crippen molar-refractivity contribution >= 4 is 12.3 Å². The van der Waals surface area contributed by atoms with Gasteiger partial charge in [0.1, 0.15) is 29.4 Å². The van der Waals surface area contributed by atoms with Crippen LogP contribution < -0.4 is 9.47 Å². The van der Waals surface area contributed by atoms with Crippen LogP contribution in [-0.4, -0.2) is 29.1 Å². The second-order valence-electron chi connectivity index (χ2n) is 7.59. The minimum atomic E-state index is -1.23. The molecule has 0 heterocycles. The van der Waals surface area contributed by atoms with Gasteiger partial charge in [-0.05, 0) is 30.2 Å². The lowest BCUT2D eigenvalue weighted by molar-refractivity contribution is 0.0691. The molecule has 0 saturated carbocycles. The second-order valence-corrected chi connectivity index (χ2v) is 7.59. The summed E-state index contributed by atoms with van der Waals surface area (Å²) >= 11 is 0. The molecule has 0 aliphatic rings. The standard InChI is InChI=1S/C25H32O6/c1-2-3-4-5-6-7-8-9-14-30-21-12-10-19(11-13-21)18-31-24-16-23(27)20(17-26)15-22(24)25(28)29/h10-13,15-17,27H,2-9,14,18H2,1H3,(H,28,29). The van der Waals surface area contributed by atoms with Crippen molar-refractivity contribution in [1.82, 2.24) is 0 Å². The number of rotatable bonds is 15. The van der Waals surface area contributed by atoms with Gasteiger partial charge in [0.2, 0.25) is 0 Å². The van der Waals surface area contributed by atoms with Crippen LogP contribution in [0.3, 0.4) is 0 Å². The van der Waals surface area contributed by atoms with E-state index in [-0.39, 0.29) is 29.2 Å². The van der Waals surface area contributed by atoms with Gasteiger partial charge in [0, 0.05) is 6.07 Å². The zero-order valence-corrected chi connectivity index (χ0v) is 18.1. The van der Waals surface area contributed by atoms with Gasteiger partial charge in [-0.15, -0.1) is 0 Å². The van der Waals surface area contributed by atoms with Crippen LogP contribution >= 0.6 is 0 Å². The topological polar surface area (TPSA) is 93.1 Å². The summed E-state index contributed by atoms with van der Waals surface area (Å²) in [6, 6.07) is 9.66. The van der Waals surface area contributed by atoms with Crippen LogP contribution in [0, 0.1) is 0 Å². The highest BCUT2D eigenvalue weighted by atomic mass is 16.5. The van der Waals surface area contributed by atoms with E-state index in [1.165, 1.54) is 44.9 Å². The number of ether oxygens (including phenoxy) is 2. The van der Waals surface area contributed by atoms with E-state index < -0.39 is 5.97 Å². The monoisotopic (exact) mass is 428 g/mol. The first-order valence-electron chi connectivity index (χ1n) is 10.9. The molecule has 0 saturated heterocycles. The number of carbonyl (C=O) groups excluding carboxylic acids is 1. The first kappa shape index (κ1) is 24.3. The molecule has 0 atom stereocenters. The minimum Gasteiger partial charge on any atom is -0.507 e. The summed E-state index contributed by atoms with van der Waals surface area (Å²) in [7, 11) is 0. The number of carboxylic acid groups (broad SMARTS) is 1. The van der Waals surface area contributed by atoms with Crippen molar-refractivity contribution in [2.75, 3.05) is 6.61 Å². The molecule has 0 aliphatic carbocycles. The number of aromatic hydroxyl groups is 1. The summed E-state index contributed by atoms with van der Waals surface area (Å²) in [6.45, 7) is 3.04. The van der Waals surface area contributed by atoms with Crippen molar-refractivity contribution < 1.29 is 29.3 Å². The molecule has 2 aromatic rings. The zero-order valence-electron chi connectivity index (χ0n) is 18.1. The molecule has 0 radical (unpaired) electrons. The number of unbranched alkanes of at least 4 members (excludes halogenated alkanes) is 7. The predicted octanol–water partition coefficient (Wildman–Crippen LogP) is 6.00. The van der Waals surface area contributed by atoms with Crippen LogP contribution in [-0.2, 0) is 6.61 Å². The smallest absolute Gasteiger partial charge is 0.339 e. The Morgan fingerprint density at radius 3 is 2.19 bits per heavy atom. The SMILES string of the molecule is CCCCCCCCCCOc1ccc(COc2cc(O)c(C=O)cc2C(=O)O)cc1. The first-order chi connectivity index (χ1) is 15.0. The molecule has 6 nitrogen and oxygen atoms in total. The summed E-state index contributed by atoms with van der Waals surface area (Å²) in [5.41, 5.74) is 0.558. The molecule has 0 aromatic heterocycles. The summed E-state index contributed by atoms with van der Waals surface area (Å²) in [6.07, 6.45) is 10.5. The van der Waals surface area contributed by atoms with Crippen molar-refractivity contribution in [3.05, 3.63) is 53.1 Å². The molecule has 0 amide bonds. The molecule has 168 valence electrons. The largest absolute Gasteiger partial charge is 0.507 e. The van der Waals surface area contributed by atoms with Crippen molar-refractivity contribution in [3.63, 3.8) is 0 Å². The number of benzene rings is 2. The van der Waals surface area contributed by atoms with E-state index in [4.69, 9.17) is 9.47 Å². The molecule has 0 spiro atoms. The molecule has 6 heteroatoms. The number of phenolic OH excluding ortho intramolecular Hbond substituents is 1. The van der Waals surface area contributed by atoms with Crippen LogP contribution in [0.4, 0.5) is 0 Å². The van der Waals surface area contributed by atoms with E-state index in [1.807, 2.05) is 24.3 Å². The fourth-order valence-electron chi connectivity index (χ4n) is 3.24. The van der Waals surface area contributed by atoms with Gasteiger partial charge in [0.25, 0.3) is 0 Å². The van der Waals surface area contributed by atoms with E-state index in [1.54, 1.807) is 0 Å². The first-order valence-corrected chi connectivity index (χ1v) is 10.9. The highest BCUT2D eigenvalue weighted by Gasteiger charge is 2.16. The Hall–Kier alpha value is -3.02. The minimum absolute atomic E-state index is 0.00520. The van der Waals surface area contributed by atoms with Crippen LogP contribution in [0.15, 0.2) is 36.4 Å². The Morgan fingerprint density at radius 1 is 0.935 bits per heavy atom. The predicted molar refractivity (Wildman–Crippen MR) is 119 cm³/mol. The fourth-order valence-corrected chi connectivity index (χ4v) is 3.24. The third-order valence-corrected chi connectivity index (χ3v) is 5.07. The molecular weight excluding hydrogens is 396 g/mol. The lowest BCUT2D eigenvalue weighted by Gasteiger charge is -2.11. The maximum atomic E-state index is 11.4. The van der Waals surface area contributed by atoms with Gasteiger partial charge in [-0.1, -0.05) is 64.0 Å². The molecule has 0 fully saturated rings. The molecule has 0 aliphatic heterocycles. The average Bonchev–Trinajstić information content (AvgIpc) is 2.77. The van der Waals surface area contributed by atoms with E-state index >= 15 is 0 Å². The quantitative estimate of drug-likeness (QED) is 0.267. The number of carboxylic acids is 1. The van der Waals surface area contributed by atoms with Gasteiger partial charge in [0.05, 0.1) is 12.2 Å². The number of phenols is 1. The third kappa shape index (κ3) is 8.32.